The van der Waals surface area contributed by atoms with E-state index in [4.69, 9.17) is 0 Å². The third-order valence-electron chi connectivity index (χ3n) is 10.6. The van der Waals surface area contributed by atoms with Crippen molar-refractivity contribution >= 4 is 77.2 Å². The molecule has 0 N–H and O–H groups in total. The first-order chi connectivity index (χ1) is 26.8. The summed E-state index contributed by atoms with van der Waals surface area (Å²) in [5.41, 5.74) is 9.20. The van der Waals surface area contributed by atoms with Gasteiger partial charge in [0.25, 0.3) is 0 Å². The van der Waals surface area contributed by atoms with Crippen LogP contribution in [0.2, 0.25) is 0 Å². The normalized spacial score (nSPS) is 11.3. The summed E-state index contributed by atoms with van der Waals surface area (Å²) in [6.45, 7) is 0. The van der Waals surface area contributed by atoms with Gasteiger partial charge in [-0.3, -0.25) is 0 Å². The topological polar surface area (TPSA) is 6.48 Å². The molecule has 0 atom stereocenters. The van der Waals surface area contributed by atoms with Gasteiger partial charge in [0.05, 0.1) is 5.69 Å². The van der Waals surface area contributed by atoms with Crippen LogP contribution in [0.25, 0.3) is 54.2 Å². The molecule has 0 aromatic heterocycles. The van der Waals surface area contributed by atoms with E-state index in [-0.39, 0.29) is 0 Å². The first-order valence-corrected chi connectivity index (χ1v) is 18.5. The molecule has 0 spiro atoms. The molecule has 2 nitrogen and oxygen atoms in total. The number of hydrogen-bond donors (Lipinski definition) is 0. The Morgan fingerprint density at radius 1 is 0.222 bits per heavy atom. The zero-order valence-electron chi connectivity index (χ0n) is 29.7. The zero-order chi connectivity index (χ0) is 35.8. The average Bonchev–Trinajstić information content (AvgIpc) is 3.25. The Morgan fingerprint density at radius 2 is 0.648 bits per heavy atom. The first kappa shape index (κ1) is 31.6. The molecule has 254 valence electrons. The van der Waals surface area contributed by atoms with Crippen molar-refractivity contribution in [3.63, 3.8) is 0 Å². The summed E-state index contributed by atoms with van der Waals surface area (Å²) in [5.74, 6) is 0. The number of rotatable bonds is 7. The molecule has 0 amide bonds. The highest BCUT2D eigenvalue weighted by molar-refractivity contribution is 6.26. The molecule has 0 saturated heterocycles. The number of nitrogens with zero attached hydrogens (tertiary/aromatic N) is 2. The molecule has 0 radical (unpaired) electrons. The van der Waals surface area contributed by atoms with E-state index in [1.54, 1.807) is 0 Å². The number of hydrogen-bond acceptors (Lipinski definition) is 2. The van der Waals surface area contributed by atoms with Crippen LogP contribution in [0.3, 0.4) is 0 Å². The Morgan fingerprint density at radius 3 is 1.28 bits per heavy atom. The van der Waals surface area contributed by atoms with Crippen LogP contribution in [0.5, 0.6) is 0 Å². The van der Waals surface area contributed by atoms with Gasteiger partial charge >= 0.3 is 0 Å². The molecule has 0 heterocycles. The lowest BCUT2D eigenvalue weighted by Gasteiger charge is -2.27. The third-order valence-corrected chi connectivity index (χ3v) is 10.6. The van der Waals surface area contributed by atoms with E-state index >= 15 is 0 Å². The van der Waals surface area contributed by atoms with E-state index in [0.717, 1.165) is 34.1 Å². The average molecular weight is 689 g/mol. The van der Waals surface area contributed by atoms with E-state index in [1.807, 2.05) is 0 Å². The molecular formula is C52H36N2. The largest absolute Gasteiger partial charge is 0.311 e. The van der Waals surface area contributed by atoms with Gasteiger partial charge < -0.3 is 9.80 Å². The lowest BCUT2D eigenvalue weighted by molar-refractivity contribution is 1.28. The molecule has 54 heavy (non-hydrogen) atoms. The lowest BCUT2D eigenvalue weighted by Crippen LogP contribution is -2.10. The SMILES string of the molecule is c1ccc(N(c2ccccc2)c2ccc(-c3ccc4c5ccc(N(c6ccccc6)c6cccc7ccccc67)cc5c5ccccc5c4c3)cc2)cc1. The van der Waals surface area contributed by atoms with Crippen molar-refractivity contribution in [3.05, 3.63) is 218 Å². The smallest absolute Gasteiger partial charge is 0.0540 e. The van der Waals surface area contributed by atoms with Crippen LogP contribution >= 0.6 is 0 Å². The molecular weight excluding hydrogens is 653 g/mol. The fraction of sp³-hybridized carbons (Fsp3) is 0. The Hall–Kier alpha value is -7.16. The maximum Gasteiger partial charge on any atom is 0.0540 e. The van der Waals surface area contributed by atoms with E-state index < -0.39 is 0 Å². The molecule has 0 aliphatic carbocycles. The summed E-state index contributed by atoms with van der Waals surface area (Å²) in [5, 5.41) is 9.97. The standard InChI is InChI=1S/C52H36N2/c1-4-17-40(18-5-1)53(41-19-6-2-7-20-41)43-30-27-37(28-31-43)39-29-33-48-49-34-32-44(36-51(49)47-25-13-12-24-46(47)50(48)35-39)54(42-21-8-3-9-22-42)52-26-14-16-38-15-10-11-23-45(38)52/h1-36H. The van der Waals surface area contributed by atoms with Gasteiger partial charge in [0.1, 0.15) is 0 Å². The van der Waals surface area contributed by atoms with E-state index in [2.05, 4.69) is 228 Å². The minimum Gasteiger partial charge on any atom is -0.311 e. The quantitative estimate of drug-likeness (QED) is 0.154. The van der Waals surface area contributed by atoms with Crippen LogP contribution in [0, 0.1) is 0 Å². The molecule has 10 rings (SSSR count). The minimum absolute atomic E-state index is 1.12. The minimum atomic E-state index is 1.12. The van der Waals surface area contributed by atoms with Crippen molar-refractivity contribution in [2.45, 2.75) is 0 Å². The maximum absolute atomic E-state index is 2.39. The van der Waals surface area contributed by atoms with Gasteiger partial charge in [0.2, 0.25) is 0 Å². The summed E-state index contributed by atoms with van der Waals surface area (Å²) in [6, 6.07) is 78.8. The number of para-hydroxylation sites is 3. The molecule has 0 aliphatic rings. The molecule has 0 fully saturated rings. The number of benzene rings is 10. The van der Waals surface area contributed by atoms with Crippen molar-refractivity contribution in [1.82, 2.24) is 0 Å². The van der Waals surface area contributed by atoms with Gasteiger partial charge in [-0.15, -0.1) is 0 Å². The van der Waals surface area contributed by atoms with Gasteiger partial charge in [-0.2, -0.15) is 0 Å². The van der Waals surface area contributed by atoms with Crippen LogP contribution in [-0.4, -0.2) is 0 Å². The Bertz CT molecular complexity index is 2850. The van der Waals surface area contributed by atoms with Gasteiger partial charge in [-0.25, -0.2) is 0 Å². The monoisotopic (exact) mass is 688 g/mol. The molecule has 0 unspecified atom stereocenters. The zero-order valence-corrected chi connectivity index (χ0v) is 29.7. The van der Waals surface area contributed by atoms with Crippen LogP contribution in [0.15, 0.2) is 218 Å². The van der Waals surface area contributed by atoms with Crippen LogP contribution in [0.1, 0.15) is 0 Å². The first-order valence-electron chi connectivity index (χ1n) is 18.5. The second-order valence-electron chi connectivity index (χ2n) is 13.8. The molecule has 10 aromatic rings. The second-order valence-corrected chi connectivity index (χ2v) is 13.8. The van der Waals surface area contributed by atoms with Crippen molar-refractivity contribution in [3.8, 4) is 11.1 Å². The Labute approximate surface area is 315 Å². The molecule has 0 bridgehead atoms. The van der Waals surface area contributed by atoms with E-state index in [1.165, 1.54) is 54.2 Å². The lowest BCUT2D eigenvalue weighted by atomic mass is 9.91. The Balaban J connectivity index is 1.09. The van der Waals surface area contributed by atoms with Crippen molar-refractivity contribution in [2.75, 3.05) is 9.80 Å². The molecule has 10 aromatic carbocycles. The van der Waals surface area contributed by atoms with Gasteiger partial charge in [-0.05, 0) is 122 Å². The maximum atomic E-state index is 2.39. The van der Waals surface area contributed by atoms with Crippen LogP contribution in [0.4, 0.5) is 34.1 Å². The number of fused-ring (bicyclic) bond motifs is 7. The predicted molar refractivity (Wildman–Crippen MR) is 231 cm³/mol. The highest BCUT2D eigenvalue weighted by Gasteiger charge is 2.18. The molecule has 2 heteroatoms. The summed E-state index contributed by atoms with van der Waals surface area (Å²) in [7, 11) is 0. The summed E-state index contributed by atoms with van der Waals surface area (Å²) in [4.78, 5) is 4.70. The summed E-state index contributed by atoms with van der Waals surface area (Å²) in [6.07, 6.45) is 0. The van der Waals surface area contributed by atoms with Gasteiger partial charge in [0, 0.05) is 33.8 Å². The summed E-state index contributed by atoms with van der Waals surface area (Å²) >= 11 is 0. The van der Waals surface area contributed by atoms with Crippen molar-refractivity contribution < 1.29 is 0 Å². The fourth-order valence-corrected chi connectivity index (χ4v) is 8.08. The van der Waals surface area contributed by atoms with E-state index in [9.17, 15) is 0 Å². The van der Waals surface area contributed by atoms with Crippen molar-refractivity contribution in [1.29, 1.82) is 0 Å². The second kappa shape index (κ2) is 13.4. The number of anilines is 6. The molecule has 0 saturated carbocycles. The summed E-state index contributed by atoms with van der Waals surface area (Å²) < 4.78 is 0. The van der Waals surface area contributed by atoms with Crippen molar-refractivity contribution in [2.24, 2.45) is 0 Å². The highest BCUT2D eigenvalue weighted by Crippen LogP contribution is 2.43. The van der Waals surface area contributed by atoms with Gasteiger partial charge in [-0.1, -0.05) is 146 Å². The van der Waals surface area contributed by atoms with Crippen LogP contribution < -0.4 is 9.80 Å². The molecule has 0 aliphatic heterocycles. The Kier molecular flexibility index (Phi) is 7.85. The van der Waals surface area contributed by atoms with Crippen LogP contribution in [-0.2, 0) is 0 Å². The predicted octanol–water partition coefficient (Wildman–Crippen LogP) is 14.9. The highest BCUT2D eigenvalue weighted by atomic mass is 15.1. The fourth-order valence-electron chi connectivity index (χ4n) is 8.08. The third kappa shape index (κ3) is 5.53. The van der Waals surface area contributed by atoms with Gasteiger partial charge in [0.15, 0.2) is 0 Å². The van der Waals surface area contributed by atoms with E-state index in [0.29, 0.717) is 0 Å².